The van der Waals surface area contributed by atoms with Gasteiger partial charge in [-0.25, -0.2) is 9.82 Å². The summed E-state index contributed by atoms with van der Waals surface area (Å²) in [6.07, 6.45) is 2.02. The van der Waals surface area contributed by atoms with Crippen LogP contribution in [0, 0.1) is 5.82 Å². The highest BCUT2D eigenvalue weighted by Crippen LogP contribution is 2.31. The highest BCUT2D eigenvalue weighted by Gasteiger charge is 2.17. The molecule has 3 nitrogen and oxygen atoms in total. The van der Waals surface area contributed by atoms with Gasteiger partial charge < -0.3 is 4.74 Å². The van der Waals surface area contributed by atoms with Crippen LogP contribution in [0.3, 0.4) is 0 Å². The lowest BCUT2D eigenvalue weighted by Gasteiger charge is -2.20. The summed E-state index contributed by atoms with van der Waals surface area (Å²) >= 11 is 1.67. The summed E-state index contributed by atoms with van der Waals surface area (Å²) in [6, 6.07) is 12.0. The van der Waals surface area contributed by atoms with Crippen molar-refractivity contribution in [2.75, 3.05) is 13.4 Å². The van der Waals surface area contributed by atoms with E-state index in [2.05, 4.69) is 5.43 Å². The predicted molar refractivity (Wildman–Crippen MR) is 80.3 cm³/mol. The minimum absolute atomic E-state index is 0.318. The summed E-state index contributed by atoms with van der Waals surface area (Å²) in [4.78, 5) is 1.16. The van der Waals surface area contributed by atoms with Crippen molar-refractivity contribution in [3.05, 3.63) is 59.4 Å². The van der Waals surface area contributed by atoms with Crippen LogP contribution < -0.4 is 16.0 Å². The van der Waals surface area contributed by atoms with Crippen LogP contribution in [-0.4, -0.2) is 13.4 Å². The zero-order valence-electron chi connectivity index (χ0n) is 11.4. The number of hydrazine groups is 1. The van der Waals surface area contributed by atoms with Crippen molar-refractivity contribution in [1.29, 1.82) is 0 Å². The SMILES string of the molecule is COc1ccc(F)cc1C(NN)c1ccc(SC)cc1. The molecule has 2 rings (SSSR count). The molecule has 5 heteroatoms. The van der Waals surface area contributed by atoms with Crippen molar-refractivity contribution in [3.8, 4) is 5.75 Å². The fourth-order valence-electron chi connectivity index (χ4n) is 2.09. The van der Waals surface area contributed by atoms with Crippen molar-refractivity contribution in [3.63, 3.8) is 0 Å². The first-order valence-corrected chi connectivity index (χ1v) is 7.35. The first-order chi connectivity index (χ1) is 9.69. The van der Waals surface area contributed by atoms with Gasteiger partial charge in [0.05, 0.1) is 13.2 Å². The van der Waals surface area contributed by atoms with E-state index in [-0.39, 0.29) is 11.9 Å². The van der Waals surface area contributed by atoms with E-state index in [0.29, 0.717) is 11.3 Å². The number of nitrogens with one attached hydrogen (secondary N) is 1. The summed E-state index contributed by atoms with van der Waals surface area (Å²) in [5, 5.41) is 0. The Hall–Kier alpha value is -1.56. The monoisotopic (exact) mass is 292 g/mol. The fourth-order valence-corrected chi connectivity index (χ4v) is 2.50. The van der Waals surface area contributed by atoms with Gasteiger partial charge in [-0.05, 0) is 42.2 Å². The minimum atomic E-state index is -0.323. The number of halogens is 1. The third-order valence-corrected chi connectivity index (χ3v) is 3.86. The summed E-state index contributed by atoms with van der Waals surface area (Å²) < 4.78 is 18.8. The quantitative estimate of drug-likeness (QED) is 0.505. The Bertz CT molecular complexity index is 575. The van der Waals surface area contributed by atoms with Gasteiger partial charge in [-0.3, -0.25) is 5.84 Å². The normalized spacial score (nSPS) is 12.2. The van der Waals surface area contributed by atoms with Gasteiger partial charge >= 0.3 is 0 Å². The van der Waals surface area contributed by atoms with Crippen LogP contribution in [0.2, 0.25) is 0 Å². The van der Waals surface area contributed by atoms with Gasteiger partial charge in [0.1, 0.15) is 11.6 Å². The molecule has 2 aromatic rings. The minimum Gasteiger partial charge on any atom is -0.496 e. The number of ether oxygens (including phenoxy) is 1. The molecule has 0 bridgehead atoms. The van der Waals surface area contributed by atoms with Crippen LogP contribution in [0.25, 0.3) is 0 Å². The standard InChI is InChI=1S/C15H17FN2OS/c1-19-14-8-5-11(16)9-13(14)15(18-17)10-3-6-12(20-2)7-4-10/h3-9,15,18H,17H2,1-2H3. The lowest BCUT2D eigenvalue weighted by Crippen LogP contribution is -2.29. The molecule has 0 saturated heterocycles. The first kappa shape index (κ1) is 14.8. The number of rotatable bonds is 5. The third kappa shape index (κ3) is 3.12. The molecule has 2 aromatic carbocycles. The molecular weight excluding hydrogens is 275 g/mol. The molecule has 0 aliphatic heterocycles. The third-order valence-electron chi connectivity index (χ3n) is 3.12. The molecule has 0 fully saturated rings. The maximum absolute atomic E-state index is 13.5. The van der Waals surface area contributed by atoms with Gasteiger partial charge in [-0.2, -0.15) is 0 Å². The molecule has 1 unspecified atom stereocenters. The molecule has 3 N–H and O–H groups in total. The Morgan fingerprint density at radius 2 is 1.90 bits per heavy atom. The molecule has 0 heterocycles. The molecule has 1 atom stereocenters. The van der Waals surface area contributed by atoms with E-state index in [0.717, 1.165) is 10.5 Å². The lowest BCUT2D eigenvalue weighted by molar-refractivity contribution is 0.402. The number of benzene rings is 2. The van der Waals surface area contributed by atoms with E-state index in [1.165, 1.54) is 12.1 Å². The van der Waals surface area contributed by atoms with Crippen LogP contribution in [-0.2, 0) is 0 Å². The van der Waals surface area contributed by atoms with E-state index >= 15 is 0 Å². The number of nitrogens with two attached hydrogens (primary N) is 1. The Morgan fingerprint density at radius 1 is 1.20 bits per heavy atom. The first-order valence-electron chi connectivity index (χ1n) is 6.13. The molecule has 0 aromatic heterocycles. The van der Waals surface area contributed by atoms with Crippen LogP contribution in [0.5, 0.6) is 5.75 Å². The van der Waals surface area contributed by atoms with E-state index in [1.807, 2.05) is 30.5 Å². The van der Waals surface area contributed by atoms with Crippen LogP contribution in [0.4, 0.5) is 4.39 Å². The maximum Gasteiger partial charge on any atom is 0.124 e. The van der Waals surface area contributed by atoms with Crippen molar-refractivity contribution in [2.24, 2.45) is 5.84 Å². The zero-order valence-corrected chi connectivity index (χ0v) is 12.2. The second-order valence-electron chi connectivity index (χ2n) is 4.26. The second-order valence-corrected chi connectivity index (χ2v) is 5.14. The predicted octanol–water partition coefficient (Wildman–Crippen LogP) is 3.11. The summed E-state index contributed by atoms with van der Waals surface area (Å²) in [7, 11) is 1.56. The smallest absolute Gasteiger partial charge is 0.124 e. The summed E-state index contributed by atoms with van der Waals surface area (Å²) in [6.45, 7) is 0. The Kier molecular flexibility index (Phi) is 5.00. The molecule has 0 aliphatic rings. The molecule has 0 saturated carbocycles. The number of thioether (sulfide) groups is 1. The average Bonchev–Trinajstić information content (AvgIpc) is 2.49. The van der Waals surface area contributed by atoms with Gasteiger partial charge in [0.25, 0.3) is 0 Å². The zero-order chi connectivity index (χ0) is 14.5. The van der Waals surface area contributed by atoms with Gasteiger partial charge in [-0.15, -0.1) is 11.8 Å². The Labute approximate surface area is 122 Å². The van der Waals surface area contributed by atoms with Crippen LogP contribution in [0.1, 0.15) is 17.2 Å². The van der Waals surface area contributed by atoms with E-state index in [4.69, 9.17) is 10.6 Å². The van der Waals surface area contributed by atoms with Crippen molar-refractivity contribution < 1.29 is 9.13 Å². The van der Waals surface area contributed by atoms with Crippen LogP contribution in [0.15, 0.2) is 47.4 Å². The Morgan fingerprint density at radius 3 is 2.45 bits per heavy atom. The number of methoxy groups -OCH3 is 1. The van der Waals surface area contributed by atoms with Crippen LogP contribution >= 0.6 is 11.8 Å². The average molecular weight is 292 g/mol. The topological polar surface area (TPSA) is 47.3 Å². The molecule has 0 aliphatic carbocycles. The van der Waals surface area contributed by atoms with E-state index in [9.17, 15) is 4.39 Å². The van der Waals surface area contributed by atoms with Crippen molar-refractivity contribution in [2.45, 2.75) is 10.9 Å². The summed E-state index contributed by atoms with van der Waals surface area (Å²) in [5.41, 5.74) is 4.35. The van der Waals surface area contributed by atoms with Gasteiger partial charge in [0.2, 0.25) is 0 Å². The largest absolute Gasteiger partial charge is 0.496 e. The number of hydrogen-bond acceptors (Lipinski definition) is 4. The lowest BCUT2D eigenvalue weighted by atomic mass is 9.98. The maximum atomic E-state index is 13.5. The fraction of sp³-hybridized carbons (Fsp3) is 0.200. The van der Waals surface area contributed by atoms with E-state index in [1.54, 1.807) is 24.9 Å². The van der Waals surface area contributed by atoms with Gasteiger partial charge in [-0.1, -0.05) is 12.1 Å². The second kappa shape index (κ2) is 6.74. The molecule has 20 heavy (non-hydrogen) atoms. The highest BCUT2D eigenvalue weighted by atomic mass is 32.2. The highest BCUT2D eigenvalue weighted by molar-refractivity contribution is 7.98. The van der Waals surface area contributed by atoms with Crippen molar-refractivity contribution in [1.82, 2.24) is 5.43 Å². The summed E-state index contributed by atoms with van der Waals surface area (Å²) in [5.74, 6) is 5.93. The van der Waals surface area contributed by atoms with Crippen molar-refractivity contribution >= 4 is 11.8 Å². The van der Waals surface area contributed by atoms with E-state index < -0.39 is 0 Å². The number of hydrogen-bond donors (Lipinski definition) is 2. The molecule has 0 spiro atoms. The molecule has 106 valence electrons. The molecule has 0 radical (unpaired) electrons. The molecular formula is C15H17FN2OS. The molecule has 0 amide bonds. The van der Waals surface area contributed by atoms with Gasteiger partial charge in [0, 0.05) is 10.5 Å². The van der Waals surface area contributed by atoms with Gasteiger partial charge in [0.15, 0.2) is 0 Å². The Balaban J connectivity index is 2.43.